The molecule has 2 rings (SSSR count). The molecule has 1 aliphatic heterocycles. The van der Waals surface area contributed by atoms with E-state index in [9.17, 15) is 0 Å². The zero-order valence-corrected chi connectivity index (χ0v) is 10.2. The number of benzene rings is 1. The average molecular weight is 219 g/mol. The third kappa shape index (κ3) is 2.56. The summed E-state index contributed by atoms with van der Waals surface area (Å²) in [4.78, 5) is 2.52. The Hall–Kier alpha value is -1.02. The van der Waals surface area contributed by atoms with E-state index in [1.807, 2.05) is 30.3 Å². The van der Waals surface area contributed by atoms with Crippen molar-refractivity contribution in [3.63, 3.8) is 0 Å². The number of hydrogen-bond acceptors (Lipinski definition) is 2. The molecule has 0 amide bonds. The molecular weight excluding hydrogens is 198 g/mol. The summed E-state index contributed by atoms with van der Waals surface area (Å²) in [6.07, 6.45) is 2.76. The van der Waals surface area contributed by atoms with Gasteiger partial charge >= 0.3 is 0 Å². The van der Waals surface area contributed by atoms with E-state index >= 15 is 0 Å². The van der Waals surface area contributed by atoms with Crippen molar-refractivity contribution in [2.24, 2.45) is 0 Å². The maximum Gasteiger partial charge on any atom is 0.119 e. The normalized spacial score (nSPS) is 25.9. The monoisotopic (exact) mass is 219 g/mol. The molecule has 0 spiro atoms. The summed E-state index contributed by atoms with van der Waals surface area (Å²) >= 11 is 0. The first-order chi connectivity index (χ1) is 7.83. The second kappa shape index (κ2) is 5.35. The Labute approximate surface area is 98.2 Å². The van der Waals surface area contributed by atoms with Crippen molar-refractivity contribution in [1.29, 1.82) is 0 Å². The Morgan fingerprint density at radius 3 is 2.56 bits per heavy atom. The first-order valence-corrected chi connectivity index (χ1v) is 6.29. The third-order valence-corrected chi connectivity index (χ3v) is 3.41. The molecule has 1 aromatic carbocycles. The first-order valence-electron chi connectivity index (χ1n) is 6.29. The number of rotatable bonds is 4. The van der Waals surface area contributed by atoms with Gasteiger partial charge in [-0.3, -0.25) is 4.90 Å². The lowest BCUT2D eigenvalue weighted by molar-refractivity contribution is 0.200. The molecule has 88 valence electrons. The Balaban J connectivity index is 1.93. The van der Waals surface area contributed by atoms with Gasteiger partial charge in [0.1, 0.15) is 11.9 Å². The number of nitrogens with zero attached hydrogens (tertiary/aromatic N) is 1. The molecule has 0 aromatic heterocycles. The first kappa shape index (κ1) is 11.5. The zero-order chi connectivity index (χ0) is 11.4. The van der Waals surface area contributed by atoms with E-state index in [0.717, 1.165) is 18.8 Å². The highest BCUT2D eigenvalue weighted by molar-refractivity contribution is 5.21. The molecule has 16 heavy (non-hydrogen) atoms. The van der Waals surface area contributed by atoms with Crippen LogP contribution in [0.5, 0.6) is 5.75 Å². The summed E-state index contributed by atoms with van der Waals surface area (Å²) < 4.78 is 6.00. The van der Waals surface area contributed by atoms with Crippen molar-refractivity contribution in [3.8, 4) is 5.75 Å². The molecule has 1 aromatic rings. The maximum absolute atomic E-state index is 6.00. The van der Waals surface area contributed by atoms with Crippen molar-refractivity contribution in [2.45, 2.75) is 38.8 Å². The Morgan fingerprint density at radius 1 is 1.25 bits per heavy atom. The number of ether oxygens (including phenoxy) is 1. The molecule has 2 heteroatoms. The van der Waals surface area contributed by atoms with Gasteiger partial charge < -0.3 is 4.74 Å². The maximum atomic E-state index is 6.00. The van der Waals surface area contributed by atoms with Crippen LogP contribution in [0.4, 0.5) is 0 Å². The van der Waals surface area contributed by atoms with Crippen molar-refractivity contribution in [2.75, 3.05) is 13.1 Å². The summed E-state index contributed by atoms with van der Waals surface area (Å²) in [5.41, 5.74) is 0. The fourth-order valence-corrected chi connectivity index (χ4v) is 2.53. The lowest BCUT2D eigenvalue weighted by Gasteiger charge is -2.20. The minimum Gasteiger partial charge on any atom is -0.489 e. The number of likely N-dealkylation sites (N-methyl/N-ethyl adjacent to an activating group) is 1. The van der Waals surface area contributed by atoms with Gasteiger partial charge in [0.25, 0.3) is 0 Å². The molecule has 0 saturated carbocycles. The largest absolute Gasteiger partial charge is 0.489 e. The van der Waals surface area contributed by atoms with Gasteiger partial charge in [-0.1, -0.05) is 32.0 Å². The van der Waals surface area contributed by atoms with Crippen LogP contribution in [0.15, 0.2) is 30.3 Å². The minimum absolute atomic E-state index is 0.368. The second-order valence-corrected chi connectivity index (χ2v) is 4.44. The number of likely N-dealkylation sites (tertiary alicyclic amines) is 1. The van der Waals surface area contributed by atoms with Crippen molar-refractivity contribution < 1.29 is 4.74 Å². The van der Waals surface area contributed by atoms with Gasteiger partial charge in [-0.05, 0) is 25.1 Å². The molecule has 1 heterocycles. The van der Waals surface area contributed by atoms with E-state index in [0.29, 0.717) is 12.1 Å². The van der Waals surface area contributed by atoms with Crippen LogP contribution in [0.2, 0.25) is 0 Å². The van der Waals surface area contributed by atoms with Gasteiger partial charge in [0.2, 0.25) is 0 Å². The molecule has 1 fully saturated rings. The molecule has 0 N–H and O–H groups in total. The summed E-state index contributed by atoms with van der Waals surface area (Å²) in [6, 6.07) is 10.9. The fourth-order valence-electron chi connectivity index (χ4n) is 2.53. The highest BCUT2D eigenvalue weighted by Crippen LogP contribution is 2.24. The van der Waals surface area contributed by atoms with Gasteiger partial charge in [-0.15, -0.1) is 0 Å². The lowest BCUT2D eigenvalue weighted by atomic mass is 10.1. The third-order valence-electron chi connectivity index (χ3n) is 3.41. The van der Waals surface area contributed by atoms with Crippen LogP contribution in [0.1, 0.15) is 26.7 Å². The van der Waals surface area contributed by atoms with Crippen LogP contribution in [-0.4, -0.2) is 30.1 Å². The van der Waals surface area contributed by atoms with Crippen LogP contribution >= 0.6 is 0 Å². The van der Waals surface area contributed by atoms with E-state index in [4.69, 9.17) is 4.74 Å². The smallest absolute Gasteiger partial charge is 0.119 e. The zero-order valence-electron chi connectivity index (χ0n) is 10.2. The highest BCUT2D eigenvalue weighted by atomic mass is 16.5. The van der Waals surface area contributed by atoms with E-state index < -0.39 is 0 Å². The lowest BCUT2D eigenvalue weighted by Crippen LogP contribution is -2.29. The quantitative estimate of drug-likeness (QED) is 0.772. The van der Waals surface area contributed by atoms with Crippen molar-refractivity contribution in [1.82, 2.24) is 4.90 Å². The van der Waals surface area contributed by atoms with Crippen LogP contribution in [-0.2, 0) is 0 Å². The molecule has 2 unspecified atom stereocenters. The second-order valence-electron chi connectivity index (χ2n) is 4.44. The van der Waals surface area contributed by atoms with Crippen molar-refractivity contribution in [3.05, 3.63) is 30.3 Å². The Bertz CT molecular complexity index is 300. The van der Waals surface area contributed by atoms with Gasteiger partial charge in [0.05, 0.1) is 0 Å². The van der Waals surface area contributed by atoms with E-state index in [-0.39, 0.29) is 0 Å². The van der Waals surface area contributed by atoms with Crippen LogP contribution in [0, 0.1) is 0 Å². The predicted octanol–water partition coefficient (Wildman–Crippen LogP) is 2.94. The number of hydrogen-bond donors (Lipinski definition) is 0. The average Bonchev–Trinajstić information content (AvgIpc) is 2.72. The summed E-state index contributed by atoms with van der Waals surface area (Å²) in [5.74, 6) is 1.00. The topological polar surface area (TPSA) is 12.5 Å². The standard InChI is InChI=1S/C14H21NO/c1-3-12-10-14(11-15(12)4-2)16-13-8-6-5-7-9-13/h5-9,12,14H,3-4,10-11H2,1-2H3. The minimum atomic E-state index is 0.368. The fraction of sp³-hybridized carbons (Fsp3) is 0.571. The molecule has 1 aliphatic rings. The molecule has 1 saturated heterocycles. The molecule has 0 radical (unpaired) electrons. The van der Waals surface area contributed by atoms with Gasteiger partial charge in [0.15, 0.2) is 0 Å². The van der Waals surface area contributed by atoms with Crippen LogP contribution in [0.25, 0.3) is 0 Å². The van der Waals surface area contributed by atoms with E-state index in [1.54, 1.807) is 0 Å². The Kier molecular flexibility index (Phi) is 3.83. The van der Waals surface area contributed by atoms with Gasteiger partial charge in [0, 0.05) is 19.0 Å². The summed E-state index contributed by atoms with van der Waals surface area (Å²) in [5, 5.41) is 0. The summed E-state index contributed by atoms with van der Waals surface area (Å²) in [7, 11) is 0. The Morgan fingerprint density at radius 2 is 2.00 bits per heavy atom. The molecule has 2 atom stereocenters. The van der Waals surface area contributed by atoms with E-state index in [1.165, 1.54) is 12.8 Å². The van der Waals surface area contributed by atoms with Gasteiger partial charge in [-0.25, -0.2) is 0 Å². The summed E-state index contributed by atoms with van der Waals surface area (Å²) in [6.45, 7) is 6.70. The van der Waals surface area contributed by atoms with Crippen molar-refractivity contribution >= 4 is 0 Å². The number of para-hydroxylation sites is 1. The van der Waals surface area contributed by atoms with E-state index in [2.05, 4.69) is 18.7 Å². The molecule has 0 bridgehead atoms. The predicted molar refractivity (Wildman–Crippen MR) is 66.8 cm³/mol. The SMILES string of the molecule is CCC1CC(Oc2ccccc2)CN1CC. The van der Waals surface area contributed by atoms with Gasteiger partial charge in [-0.2, -0.15) is 0 Å². The molecular formula is C14H21NO. The molecule has 0 aliphatic carbocycles. The highest BCUT2D eigenvalue weighted by Gasteiger charge is 2.30. The van der Waals surface area contributed by atoms with Crippen LogP contribution in [0.3, 0.4) is 0 Å². The molecule has 2 nitrogen and oxygen atoms in total. The van der Waals surface area contributed by atoms with Crippen LogP contribution < -0.4 is 4.74 Å².